The monoisotopic (exact) mass is 518 g/mol. The fourth-order valence-electron chi connectivity index (χ4n) is 4.40. The summed E-state index contributed by atoms with van der Waals surface area (Å²) in [7, 11) is 0. The van der Waals surface area contributed by atoms with Crippen LogP contribution in [0.1, 0.15) is 42.9 Å². The molecule has 0 saturated carbocycles. The third-order valence-electron chi connectivity index (χ3n) is 6.37. The molecule has 5 atom stereocenters. The summed E-state index contributed by atoms with van der Waals surface area (Å²) in [6.45, 7) is 5.56. The summed E-state index contributed by atoms with van der Waals surface area (Å²) in [5, 5.41) is 0.686. The molecule has 1 unspecified atom stereocenters. The lowest BCUT2D eigenvalue weighted by Crippen LogP contribution is -2.49. The number of benzene rings is 2. The molecule has 180 valence electrons. The van der Waals surface area contributed by atoms with E-state index < -0.39 is 0 Å². The molecule has 3 nitrogen and oxygen atoms in total. The van der Waals surface area contributed by atoms with E-state index in [1.165, 1.54) is 23.9 Å². The molecule has 1 saturated heterocycles. The van der Waals surface area contributed by atoms with Gasteiger partial charge < -0.3 is 9.47 Å². The lowest BCUT2D eigenvalue weighted by molar-refractivity contribution is -0.168. The molecule has 3 aromatic rings. The Morgan fingerprint density at radius 3 is 2.56 bits per heavy atom. The van der Waals surface area contributed by atoms with E-state index >= 15 is 0 Å². The summed E-state index contributed by atoms with van der Waals surface area (Å²) in [6, 6.07) is 16.7. The summed E-state index contributed by atoms with van der Waals surface area (Å²) >= 11 is 9.93. The second-order valence-corrected chi connectivity index (χ2v) is 11.3. The van der Waals surface area contributed by atoms with Crippen molar-refractivity contribution in [3.05, 3.63) is 81.4 Å². The molecule has 0 N–H and O–H groups in total. The maximum Gasteiger partial charge on any atom is 0.302 e. The Kier molecular flexibility index (Phi) is 8.03. The van der Waals surface area contributed by atoms with Gasteiger partial charge in [-0.25, -0.2) is 4.39 Å². The van der Waals surface area contributed by atoms with Gasteiger partial charge in [-0.1, -0.05) is 42.8 Å². The van der Waals surface area contributed by atoms with Gasteiger partial charge in [-0.2, -0.15) is 11.8 Å². The van der Waals surface area contributed by atoms with Crippen LogP contribution in [0.3, 0.4) is 0 Å². The fourth-order valence-corrected chi connectivity index (χ4v) is 6.66. The topological polar surface area (TPSA) is 35.5 Å². The minimum Gasteiger partial charge on any atom is -0.461 e. The number of hydrogen-bond donors (Lipinski definition) is 0. The van der Waals surface area contributed by atoms with Gasteiger partial charge in [0, 0.05) is 34.0 Å². The number of thiophene rings is 1. The summed E-state index contributed by atoms with van der Waals surface area (Å²) in [5.41, 5.74) is 3.05. The first-order valence-corrected chi connectivity index (χ1v) is 13.7. The van der Waals surface area contributed by atoms with Gasteiger partial charge in [-0.15, -0.1) is 11.3 Å². The van der Waals surface area contributed by atoms with Crippen LogP contribution in [0.5, 0.6) is 0 Å². The smallest absolute Gasteiger partial charge is 0.302 e. The molecule has 0 aliphatic carbocycles. The maximum atomic E-state index is 13.3. The highest BCUT2D eigenvalue weighted by molar-refractivity contribution is 7.99. The number of esters is 1. The van der Waals surface area contributed by atoms with Gasteiger partial charge in [-0.05, 0) is 60.2 Å². The number of halogens is 2. The SMILES string of the molecule is CS[C@H]1C(c2ccc(Cl)c(Cc3ccc(-c4ccc(F)cc4)s3)c2)O[C@H](C)[C@@H](C)[C@@H]1OC(C)=O. The average molecular weight is 519 g/mol. The first-order valence-electron chi connectivity index (χ1n) is 11.2. The number of thioether (sulfide) groups is 1. The van der Waals surface area contributed by atoms with E-state index in [0.717, 1.165) is 21.6 Å². The molecule has 4 rings (SSSR count). The Balaban J connectivity index is 1.59. The fraction of sp³-hybridized carbons (Fsp3) is 0.370. The van der Waals surface area contributed by atoms with E-state index in [4.69, 9.17) is 21.1 Å². The number of ether oxygens (including phenoxy) is 2. The molecule has 1 aromatic heterocycles. The predicted octanol–water partition coefficient (Wildman–Crippen LogP) is 7.56. The zero-order valence-corrected chi connectivity index (χ0v) is 22.0. The quantitative estimate of drug-likeness (QED) is 0.315. The van der Waals surface area contributed by atoms with E-state index in [9.17, 15) is 9.18 Å². The summed E-state index contributed by atoms with van der Waals surface area (Å²) < 4.78 is 25.4. The van der Waals surface area contributed by atoms with Crippen LogP contribution in [-0.2, 0) is 20.7 Å². The van der Waals surface area contributed by atoms with E-state index in [1.807, 2.05) is 25.3 Å². The van der Waals surface area contributed by atoms with Gasteiger partial charge >= 0.3 is 5.97 Å². The van der Waals surface area contributed by atoms with Gasteiger partial charge in [0.25, 0.3) is 0 Å². The van der Waals surface area contributed by atoms with Gasteiger partial charge in [-0.3, -0.25) is 4.79 Å². The molecule has 0 amide bonds. The van der Waals surface area contributed by atoms with Gasteiger partial charge in [0.15, 0.2) is 0 Å². The van der Waals surface area contributed by atoms with E-state index in [2.05, 4.69) is 25.1 Å². The zero-order chi connectivity index (χ0) is 24.4. The van der Waals surface area contributed by atoms with Gasteiger partial charge in [0.1, 0.15) is 11.9 Å². The third kappa shape index (κ3) is 5.51. The van der Waals surface area contributed by atoms with Crippen LogP contribution in [0, 0.1) is 11.7 Å². The Labute approximate surface area is 213 Å². The third-order valence-corrected chi connectivity index (χ3v) is 8.93. The molecule has 0 bridgehead atoms. The number of carbonyl (C=O) groups excluding carboxylic acids is 1. The van der Waals surface area contributed by atoms with Crippen molar-refractivity contribution >= 4 is 40.7 Å². The Morgan fingerprint density at radius 1 is 1.15 bits per heavy atom. The van der Waals surface area contributed by atoms with Gasteiger partial charge in [0.05, 0.1) is 17.5 Å². The van der Waals surface area contributed by atoms with Crippen molar-refractivity contribution in [3.63, 3.8) is 0 Å². The molecule has 0 spiro atoms. The number of hydrogen-bond acceptors (Lipinski definition) is 5. The van der Waals surface area contributed by atoms with Crippen LogP contribution < -0.4 is 0 Å². The van der Waals surface area contributed by atoms with Crippen molar-refractivity contribution in [3.8, 4) is 10.4 Å². The molecular weight excluding hydrogens is 491 g/mol. The van der Waals surface area contributed by atoms with Crippen LogP contribution in [0.2, 0.25) is 5.02 Å². The Bertz CT molecular complexity index is 1150. The van der Waals surface area contributed by atoms with E-state index in [-0.39, 0.29) is 41.3 Å². The normalized spacial score (nSPS) is 24.7. The predicted molar refractivity (Wildman–Crippen MR) is 139 cm³/mol. The second kappa shape index (κ2) is 10.8. The zero-order valence-electron chi connectivity index (χ0n) is 19.6. The highest BCUT2D eigenvalue weighted by Gasteiger charge is 2.44. The Hall–Kier alpha value is -1.86. The van der Waals surface area contributed by atoms with Crippen molar-refractivity contribution < 1.29 is 18.7 Å². The first-order chi connectivity index (χ1) is 16.3. The molecule has 2 aromatic carbocycles. The first kappa shape index (κ1) is 25.2. The molecule has 1 aliphatic rings. The average Bonchev–Trinajstić information content (AvgIpc) is 3.27. The molecule has 34 heavy (non-hydrogen) atoms. The molecular formula is C27H28ClFO3S2. The molecule has 7 heteroatoms. The minimum atomic E-state index is -0.268. The van der Waals surface area contributed by atoms with E-state index in [1.54, 1.807) is 35.2 Å². The van der Waals surface area contributed by atoms with E-state index in [0.29, 0.717) is 11.4 Å². The molecule has 1 aliphatic heterocycles. The van der Waals surface area contributed by atoms with Crippen molar-refractivity contribution in [1.29, 1.82) is 0 Å². The molecule has 2 heterocycles. The highest BCUT2D eigenvalue weighted by atomic mass is 35.5. The maximum absolute atomic E-state index is 13.3. The summed E-state index contributed by atoms with van der Waals surface area (Å²) in [6.07, 6.45) is 2.23. The lowest BCUT2D eigenvalue weighted by Gasteiger charge is -2.44. The van der Waals surface area contributed by atoms with Crippen LogP contribution in [0.25, 0.3) is 10.4 Å². The van der Waals surface area contributed by atoms with Crippen molar-refractivity contribution in [1.82, 2.24) is 0 Å². The lowest BCUT2D eigenvalue weighted by atomic mass is 9.87. The Morgan fingerprint density at radius 2 is 1.88 bits per heavy atom. The molecule has 1 fully saturated rings. The highest BCUT2D eigenvalue weighted by Crippen LogP contribution is 2.43. The van der Waals surface area contributed by atoms with Crippen LogP contribution in [0.15, 0.2) is 54.6 Å². The van der Waals surface area contributed by atoms with Crippen molar-refractivity contribution in [2.24, 2.45) is 5.92 Å². The minimum absolute atomic E-state index is 0.0176. The van der Waals surface area contributed by atoms with Gasteiger partial charge in [0.2, 0.25) is 0 Å². The molecule has 0 radical (unpaired) electrons. The number of rotatable bonds is 6. The summed E-state index contributed by atoms with van der Waals surface area (Å²) in [5.74, 6) is -0.409. The van der Waals surface area contributed by atoms with Crippen molar-refractivity contribution in [2.45, 2.75) is 50.8 Å². The van der Waals surface area contributed by atoms with Crippen LogP contribution in [0.4, 0.5) is 4.39 Å². The van der Waals surface area contributed by atoms with Crippen molar-refractivity contribution in [2.75, 3.05) is 6.26 Å². The standard InChI is InChI=1S/C27H28ClFO3S2/c1-15-16(2)31-26(27(33-4)25(15)32-17(3)30)19-7-11-23(28)20(13-19)14-22-10-12-24(34-22)18-5-8-21(29)9-6-18/h5-13,15-16,25-27H,14H2,1-4H3/t15-,16-,25+,26?,27-/m1/s1. The largest absolute Gasteiger partial charge is 0.461 e. The number of carbonyl (C=O) groups is 1. The summed E-state index contributed by atoms with van der Waals surface area (Å²) in [4.78, 5) is 14.0. The second-order valence-electron chi connectivity index (χ2n) is 8.70. The van der Waals surface area contributed by atoms with Crippen LogP contribution in [-0.4, -0.2) is 29.7 Å². The van der Waals surface area contributed by atoms with Crippen LogP contribution >= 0.6 is 34.7 Å².